The van der Waals surface area contributed by atoms with Gasteiger partial charge in [0, 0.05) is 12.1 Å². The summed E-state index contributed by atoms with van der Waals surface area (Å²) in [5.74, 6) is -0.0692. The maximum Gasteiger partial charge on any atom is 0.273 e. The molecular formula is C17H20F2N2O2. The van der Waals surface area contributed by atoms with Gasteiger partial charge in [-0.05, 0) is 49.9 Å². The van der Waals surface area contributed by atoms with Crippen LogP contribution in [0, 0.1) is 23.6 Å². The Morgan fingerprint density at radius 2 is 2.13 bits per heavy atom. The van der Waals surface area contributed by atoms with Crippen LogP contribution < -0.4 is 10.1 Å². The van der Waals surface area contributed by atoms with Crippen molar-refractivity contribution in [2.75, 3.05) is 6.61 Å². The van der Waals surface area contributed by atoms with E-state index >= 15 is 0 Å². The minimum Gasteiger partial charge on any atom is -0.492 e. The number of amides is 1. The second kappa shape index (κ2) is 5.73. The molecule has 0 aromatic carbocycles. The lowest BCUT2D eigenvalue weighted by molar-refractivity contribution is 0.0900. The number of halogens is 2. The maximum absolute atomic E-state index is 14.1. The van der Waals surface area contributed by atoms with Gasteiger partial charge in [-0.25, -0.2) is 13.8 Å². The molecule has 6 heteroatoms. The van der Waals surface area contributed by atoms with E-state index in [1.165, 1.54) is 12.3 Å². The molecular weight excluding hydrogens is 302 g/mol. The van der Waals surface area contributed by atoms with Gasteiger partial charge in [-0.3, -0.25) is 4.79 Å². The quantitative estimate of drug-likeness (QED) is 0.907. The number of aromatic nitrogens is 1. The van der Waals surface area contributed by atoms with Crippen LogP contribution in [0.3, 0.4) is 0 Å². The molecule has 4 unspecified atom stereocenters. The molecule has 0 saturated heterocycles. The Balaban J connectivity index is 1.38. The van der Waals surface area contributed by atoms with E-state index in [9.17, 15) is 13.6 Å². The van der Waals surface area contributed by atoms with E-state index in [-0.39, 0.29) is 23.6 Å². The number of nitrogens with zero attached hydrogens (tertiary/aromatic N) is 1. The predicted molar refractivity (Wildman–Crippen MR) is 79.4 cm³/mol. The number of ether oxygens (including phenoxy) is 1. The van der Waals surface area contributed by atoms with Gasteiger partial charge < -0.3 is 10.1 Å². The molecule has 3 aliphatic carbocycles. The van der Waals surface area contributed by atoms with E-state index in [2.05, 4.69) is 10.3 Å². The van der Waals surface area contributed by atoms with Crippen molar-refractivity contribution in [1.29, 1.82) is 0 Å². The number of hydrogen-bond acceptors (Lipinski definition) is 3. The Morgan fingerprint density at radius 1 is 1.30 bits per heavy atom. The first kappa shape index (κ1) is 14.8. The largest absolute Gasteiger partial charge is 0.492 e. The third kappa shape index (κ3) is 3.03. The monoisotopic (exact) mass is 322 g/mol. The molecule has 23 heavy (non-hydrogen) atoms. The smallest absolute Gasteiger partial charge is 0.273 e. The summed E-state index contributed by atoms with van der Waals surface area (Å²) in [5, 5.41) is 2.82. The van der Waals surface area contributed by atoms with Crippen LogP contribution in [0.15, 0.2) is 12.3 Å². The lowest BCUT2D eigenvalue weighted by Crippen LogP contribution is -2.40. The first-order valence-electron chi connectivity index (χ1n) is 8.33. The number of pyridine rings is 1. The molecule has 0 spiro atoms. The molecule has 4 atom stereocenters. The molecule has 0 radical (unpaired) electrons. The van der Waals surface area contributed by atoms with Gasteiger partial charge in [-0.2, -0.15) is 0 Å². The van der Waals surface area contributed by atoms with Gasteiger partial charge in [0.15, 0.2) is 11.5 Å². The maximum atomic E-state index is 14.1. The van der Waals surface area contributed by atoms with Crippen molar-refractivity contribution in [2.45, 2.75) is 44.3 Å². The molecule has 4 rings (SSSR count). The number of rotatable bonds is 5. The zero-order valence-electron chi connectivity index (χ0n) is 12.8. The van der Waals surface area contributed by atoms with Crippen LogP contribution in [-0.2, 0) is 0 Å². The Bertz CT molecular complexity index is 619. The molecule has 1 aromatic heterocycles. The number of fused-ring (bicyclic) bond motifs is 2. The van der Waals surface area contributed by atoms with E-state index in [1.807, 2.05) is 0 Å². The molecule has 1 aromatic rings. The summed E-state index contributed by atoms with van der Waals surface area (Å²) in [6.45, 7) is 0.572. The predicted octanol–water partition coefficient (Wildman–Crippen LogP) is 2.88. The topological polar surface area (TPSA) is 51.2 Å². The molecule has 1 heterocycles. The first-order chi connectivity index (χ1) is 11.1. The minimum atomic E-state index is -0.745. The molecule has 0 aliphatic heterocycles. The fourth-order valence-corrected chi connectivity index (χ4v) is 3.78. The lowest BCUT2D eigenvalue weighted by atomic mass is 9.94. The molecule has 1 N–H and O–H groups in total. The molecule has 124 valence electrons. The Morgan fingerprint density at radius 3 is 2.74 bits per heavy atom. The molecule has 3 saturated carbocycles. The summed E-state index contributed by atoms with van der Waals surface area (Å²) in [7, 11) is 0. The van der Waals surface area contributed by atoms with Crippen LogP contribution in [0.4, 0.5) is 8.78 Å². The third-order valence-corrected chi connectivity index (χ3v) is 5.30. The normalized spacial score (nSPS) is 32.1. The number of hydrogen-bond donors (Lipinski definition) is 1. The van der Waals surface area contributed by atoms with Crippen LogP contribution in [0.2, 0.25) is 0 Å². The summed E-state index contributed by atoms with van der Waals surface area (Å²) in [5.41, 5.74) is -0.219. The van der Waals surface area contributed by atoms with Crippen molar-refractivity contribution in [1.82, 2.24) is 10.3 Å². The highest BCUT2D eigenvalue weighted by atomic mass is 19.1. The minimum absolute atomic E-state index is 0.0429. The summed E-state index contributed by atoms with van der Waals surface area (Å²) in [6, 6.07) is 1.15. The van der Waals surface area contributed by atoms with Crippen molar-refractivity contribution in [3.05, 3.63) is 23.8 Å². The van der Waals surface area contributed by atoms with Gasteiger partial charge in [0.1, 0.15) is 11.9 Å². The van der Waals surface area contributed by atoms with Gasteiger partial charge >= 0.3 is 0 Å². The van der Waals surface area contributed by atoms with Gasteiger partial charge in [0.25, 0.3) is 5.91 Å². The molecule has 4 nitrogen and oxygen atoms in total. The van der Waals surface area contributed by atoms with Gasteiger partial charge in [0.2, 0.25) is 0 Å². The van der Waals surface area contributed by atoms with Crippen LogP contribution in [-0.4, -0.2) is 29.7 Å². The molecule has 1 amide bonds. The van der Waals surface area contributed by atoms with E-state index in [1.54, 1.807) is 0 Å². The lowest BCUT2D eigenvalue weighted by Gasteiger charge is -2.24. The third-order valence-electron chi connectivity index (χ3n) is 5.30. The summed E-state index contributed by atoms with van der Waals surface area (Å²) in [6.07, 6.45) is 4.90. The van der Waals surface area contributed by atoms with Crippen LogP contribution in [0.5, 0.6) is 5.75 Å². The van der Waals surface area contributed by atoms with E-state index in [0.29, 0.717) is 31.1 Å². The van der Waals surface area contributed by atoms with Crippen LogP contribution >= 0.6 is 0 Å². The summed E-state index contributed by atoms with van der Waals surface area (Å²) < 4.78 is 33.1. The highest BCUT2D eigenvalue weighted by Gasteiger charge is 2.46. The number of carbonyl (C=O) groups is 1. The average Bonchev–Trinajstić information content (AvgIpc) is 3.18. The van der Waals surface area contributed by atoms with Crippen molar-refractivity contribution in [3.8, 4) is 5.75 Å². The first-order valence-corrected chi connectivity index (χ1v) is 8.33. The van der Waals surface area contributed by atoms with E-state index < -0.39 is 17.9 Å². The standard InChI is InChI=1S/C17H20F2N2O2/c18-13-4-11-3-10(13)5-15(11)21-17(22)16-14(19)6-12(7-20-16)23-8-9-1-2-9/h6-7,9-11,13,15H,1-5,8H2,(H,21,22). The number of carbonyl (C=O) groups excluding carboxylic acids is 1. The van der Waals surface area contributed by atoms with Crippen LogP contribution in [0.1, 0.15) is 42.6 Å². The zero-order valence-corrected chi connectivity index (χ0v) is 12.8. The molecule has 2 bridgehead atoms. The number of alkyl halides is 1. The van der Waals surface area contributed by atoms with Crippen molar-refractivity contribution < 1.29 is 18.3 Å². The average molecular weight is 322 g/mol. The van der Waals surface area contributed by atoms with Gasteiger partial charge in [-0.1, -0.05) is 0 Å². The Labute approximate surface area is 133 Å². The van der Waals surface area contributed by atoms with Gasteiger partial charge in [-0.15, -0.1) is 0 Å². The van der Waals surface area contributed by atoms with Crippen molar-refractivity contribution in [3.63, 3.8) is 0 Å². The summed E-state index contributed by atoms with van der Waals surface area (Å²) in [4.78, 5) is 16.1. The van der Waals surface area contributed by atoms with Crippen LogP contribution in [0.25, 0.3) is 0 Å². The van der Waals surface area contributed by atoms with E-state index in [4.69, 9.17) is 4.74 Å². The van der Waals surface area contributed by atoms with Crippen molar-refractivity contribution in [2.24, 2.45) is 17.8 Å². The molecule has 3 aliphatic rings. The van der Waals surface area contributed by atoms with Crippen molar-refractivity contribution >= 4 is 5.91 Å². The Kier molecular flexibility index (Phi) is 3.70. The number of nitrogens with one attached hydrogen (secondary N) is 1. The Hall–Kier alpha value is -1.72. The molecule has 3 fully saturated rings. The fraction of sp³-hybridized carbons (Fsp3) is 0.647. The SMILES string of the molecule is O=C(NC1CC2CC1CC2F)c1ncc(OCC2CC2)cc1F. The summed E-state index contributed by atoms with van der Waals surface area (Å²) >= 11 is 0. The zero-order chi connectivity index (χ0) is 16.0. The second-order valence-electron chi connectivity index (χ2n) is 7.08. The highest BCUT2D eigenvalue weighted by Crippen LogP contribution is 2.46. The van der Waals surface area contributed by atoms with E-state index in [0.717, 1.165) is 19.3 Å². The fourth-order valence-electron chi connectivity index (χ4n) is 3.78. The highest BCUT2D eigenvalue weighted by molar-refractivity contribution is 5.92. The van der Waals surface area contributed by atoms with Gasteiger partial charge in [0.05, 0.1) is 12.8 Å². The second-order valence-corrected chi connectivity index (χ2v) is 7.08.